The van der Waals surface area contributed by atoms with Gasteiger partial charge in [-0.1, -0.05) is 20.8 Å². The van der Waals surface area contributed by atoms with Crippen LogP contribution in [0, 0.1) is 18.3 Å². The van der Waals surface area contributed by atoms with E-state index in [4.69, 9.17) is 0 Å². The molecule has 1 aromatic carbocycles. The smallest absolute Gasteiger partial charge is 0.352 e. The molecule has 0 unspecified atom stereocenters. The van der Waals surface area contributed by atoms with Crippen LogP contribution >= 0.6 is 0 Å². The number of nitrogens with zero attached hydrogens (tertiary/aromatic N) is 1. The van der Waals surface area contributed by atoms with Crippen molar-refractivity contribution in [2.45, 2.75) is 52.9 Å². The van der Waals surface area contributed by atoms with Gasteiger partial charge in [0.25, 0.3) is 5.91 Å². The van der Waals surface area contributed by atoms with Gasteiger partial charge >= 0.3 is 6.18 Å². The lowest BCUT2D eigenvalue weighted by atomic mass is 9.90. The van der Waals surface area contributed by atoms with Crippen LogP contribution in [0.2, 0.25) is 0 Å². The maximum atomic E-state index is 14.5. The molecule has 0 spiro atoms. The van der Waals surface area contributed by atoms with Gasteiger partial charge in [0.05, 0.1) is 5.56 Å². The molecule has 0 bridgehead atoms. The molecule has 0 aromatic heterocycles. The summed E-state index contributed by atoms with van der Waals surface area (Å²) in [4.78, 5) is 14.4. The molecule has 0 saturated carbocycles. The van der Waals surface area contributed by atoms with Crippen molar-refractivity contribution in [1.29, 1.82) is 0 Å². The highest BCUT2D eigenvalue weighted by Gasteiger charge is 2.32. The number of nitrogens with one attached hydrogen (secondary N) is 1. The molecule has 2 atom stereocenters. The zero-order valence-corrected chi connectivity index (χ0v) is 17.0. The Hall–Kier alpha value is -1.63. The molecule has 0 aliphatic carbocycles. The summed E-state index contributed by atoms with van der Waals surface area (Å²) in [6.07, 6.45) is -3.97. The Kier molecular flexibility index (Phi) is 7.12. The lowest BCUT2D eigenvalue weighted by molar-refractivity contribution is -0.137. The van der Waals surface area contributed by atoms with Gasteiger partial charge < -0.3 is 10.2 Å². The molecule has 1 heterocycles. The maximum Gasteiger partial charge on any atom is 0.416 e. The van der Waals surface area contributed by atoms with Crippen LogP contribution in [-0.2, 0) is 6.18 Å². The molecule has 0 radical (unpaired) electrons. The van der Waals surface area contributed by atoms with Crippen LogP contribution in [0.3, 0.4) is 0 Å². The van der Waals surface area contributed by atoms with Gasteiger partial charge in [0.15, 0.2) is 0 Å². The Balaban J connectivity index is 1.89. The SMILES string of the molecule is Cc1cc(C(=O)NC[C@H]2CCN(CCC(C)(C)C)C[C@H]2F)cc(C(F)(F)F)c1. The molecule has 1 fully saturated rings. The number of hydrogen-bond donors (Lipinski definition) is 1. The molecule has 1 aromatic rings. The predicted molar refractivity (Wildman–Crippen MR) is 102 cm³/mol. The summed E-state index contributed by atoms with van der Waals surface area (Å²) in [7, 11) is 0. The fourth-order valence-electron chi connectivity index (χ4n) is 3.35. The second kappa shape index (κ2) is 8.80. The van der Waals surface area contributed by atoms with Crippen LogP contribution in [0.25, 0.3) is 0 Å². The topological polar surface area (TPSA) is 32.3 Å². The lowest BCUT2D eigenvalue weighted by Crippen LogP contribution is -2.46. The number of benzene rings is 1. The summed E-state index contributed by atoms with van der Waals surface area (Å²) < 4.78 is 53.3. The first-order chi connectivity index (χ1) is 12.8. The van der Waals surface area contributed by atoms with E-state index >= 15 is 0 Å². The minimum Gasteiger partial charge on any atom is -0.352 e. The summed E-state index contributed by atoms with van der Waals surface area (Å²) in [6, 6.07) is 3.25. The quantitative estimate of drug-likeness (QED) is 0.715. The van der Waals surface area contributed by atoms with Gasteiger partial charge in [-0.2, -0.15) is 13.2 Å². The predicted octanol–water partition coefficient (Wildman–Crippen LogP) is 4.84. The summed E-state index contributed by atoms with van der Waals surface area (Å²) in [5, 5.41) is 2.61. The van der Waals surface area contributed by atoms with Crippen LogP contribution in [0.4, 0.5) is 17.6 Å². The largest absolute Gasteiger partial charge is 0.416 e. The summed E-state index contributed by atoms with van der Waals surface area (Å²) in [5.41, 5.74) is -0.353. The first-order valence-electron chi connectivity index (χ1n) is 9.69. The number of aryl methyl sites for hydroxylation is 1. The molecule has 7 heteroatoms. The Labute approximate surface area is 164 Å². The van der Waals surface area contributed by atoms with Gasteiger partial charge in [-0.25, -0.2) is 4.39 Å². The molecule has 1 saturated heterocycles. The van der Waals surface area contributed by atoms with Crippen molar-refractivity contribution in [2.24, 2.45) is 11.3 Å². The van der Waals surface area contributed by atoms with Crippen LogP contribution in [-0.4, -0.2) is 43.2 Å². The number of carbonyl (C=O) groups is 1. The number of piperidine rings is 1. The molecule has 1 aliphatic rings. The molecule has 1 aliphatic heterocycles. The summed E-state index contributed by atoms with van der Waals surface area (Å²) >= 11 is 0. The Bertz CT molecular complexity index is 682. The normalized spacial score (nSPS) is 21.6. The van der Waals surface area contributed by atoms with Crippen LogP contribution in [0.15, 0.2) is 18.2 Å². The van der Waals surface area contributed by atoms with E-state index in [0.717, 1.165) is 31.6 Å². The second-order valence-corrected chi connectivity index (χ2v) is 8.97. The van der Waals surface area contributed by atoms with Crippen molar-refractivity contribution in [3.8, 4) is 0 Å². The van der Waals surface area contributed by atoms with Gasteiger partial charge in [0, 0.05) is 24.6 Å². The molecule has 1 amide bonds. The fourth-order valence-corrected chi connectivity index (χ4v) is 3.35. The number of rotatable bonds is 5. The van der Waals surface area contributed by atoms with E-state index in [0.29, 0.717) is 18.5 Å². The van der Waals surface area contributed by atoms with E-state index in [2.05, 4.69) is 31.0 Å². The molecular weight excluding hydrogens is 372 g/mol. The van der Waals surface area contributed by atoms with Crippen molar-refractivity contribution in [1.82, 2.24) is 10.2 Å². The third kappa shape index (κ3) is 6.76. The van der Waals surface area contributed by atoms with Crippen LogP contribution in [0.5, 0.6) is 0 Å². The van der Waals surface area contributed by atoms with Crippen molar-refractivity contribution >= 4 is 5.91 Å². The zero-order valence-electron chi connectivity index (χ0n) is 17.0. The van der Waals surface area contributed by atoms with Crippen molar-refractivity contribution in [2.75, 3.05) is 26.2 Å². The van der Waals surface area contributed by atoms with Gasteiger partial charge in [0.2, 0.25) is 0 Å². The summed E-state index contributed by atoms with van der Waals surface area (Å²) in [5.74, 6) is -0.918. The molecule has 3 nitrogen and oxygen atoms in total. The highest BCUT2D eigenvalue weighted by molar-refractivity contribution is 5.94. The second-order valence-electron chi connectivity index (χ2n) is 8.97. The van der Waals surface area contributed by atoms with Crippen LogP contribution in [0.1, 0.15) is 55.1 Å². The number of likely N-dealkylation sites (tertiary alicyclic amines) is 1. The monoisotopic (exact) mass is 402 g/mol. The Morgan fingerprint density at radius 1 is 1.21 bits per heavy atom. The Morgan fingerprint density at radius 3 is 2.46 bits per heavy atom. The molecule has 158 valence electrons. The van der Waals surface area contributed by atoms with E-state index in [1.54, 1.807) is 0 Å². The standard InChI is InChI=1S/C21H30F4N2O/c1-14-9-16(11-17(10-14)21(23,24)25)19(28)26-12-15-5-7-27(13-18(15)22)8-6-20(2,3)4/h9-11,15,18H,5-8,12-13H2,1-4H3,(H,26,28)/t15-,18-/m1/s1. The Morgan fingerprint density at radius 2 is 1.89 bits per heavy atom. The highest BCUT2D eigenvalue weighted by atomic mass is 19.4. The molecule has 2 rings (SSSR count). The first kappa shape index (κ1) is 22.7. The first-order valence-corrected chi connectivity index (χ1v) is 9.69. The van der Waals surface area contributed by atoms with Gasteiger partial charge in [-0.05, 0) is 62.0 Å². The van der Waals surface area contributed by atoms with E-state index < -0.39 is 23.8 Å². The highest BCUT2D eigenvalue weighted by Crippen LogP contribution is 2.30. The van der Waals surface area contributed by atoms with E-state index in [-0.39, 0.29) is 23.4 Å². The van der Waals surface area contributed by atoms with Gasteiger partial charge in [-0.15, -0.1) is 0 Å². The third-order valence-electron chi connectivity index (χ3n) is 5.13. The molecular formula is C21H30F4N2O. The average Bonchev–Trinajstić information content (AvgIpc) is 2.57. The van der Waals surface area contributed by atoms with Crippen molar-refractivity contribution < 1.29 is 22.4 Å². The van der Waals surface area contributed by atoms with E-state index in [1.807, 2.05) is 0 Å². The van der Waals surface area contributed by atoms with Crippen molar-refractivity contribution in [3.63, 3.8) is 0 Å². The number of halogens is 4. The number of hydrogen-bond acceptors (Lipinski definition) is 2. The number of alkyl halides is 4. The average molecular weight is 402 g/mol. The lowest BCUT2D eigenvalue weighted by Gasteiger charge is -2.36. The van der Waals surface area contributed by atoms with Crippen molar-refractivity contribution in [3.05, 3.63) is 34.9 Å². The molecule has 1 N–H and O–H groups in total. The van der Waals surface area contributed by atoms with E-state index in [1.165, 1.54) is 13.0 Å². The maximum absolute atomic E-state index is 14.5. The number of amides is 1. The van der Waals surface area contributed by atoms with Gasteiger partial charge in [0.1, 0.15) is 6.17 Å². The van der Waals surface area contributed by atoms with Gasteiger partial charge in [-0.3, -0.25) is 4.79 Å². The minimum absolute atomic E-state index is 0.0506. The minimum atomic E-state index is -4.51. The van der Waals surface area contributed by atoms with Crippen LogP contribution < -0.4 is 5.32 Å². The molecule has 28 heavy (non-hydrogen) atoms. The van der Waals surface area contributed by atoms with E-state index in [9.17, 15) is 22.4 Å². The zero-order chi connectivity index (χ0) is 21.1. The fraction of sp³-hybridized carbons (Fsp3) is 0.667. The summed E-state index contributed by atoms with van der Waals surface area (Å²) in [6.45, 7) is 10.0. The number of carbonyl (C=O) groups excluding carboxylic acids is 1. The third-order valence-corrected chi connectivity index (χ3v) is 5.13.